The molecule has 0 N–H and O–H groups in total. The van der Waals surface area contributed by atoms with Crippen LogP contribution in [0.15, 0.2) is 48.5 Å². The summed E-state index contributed by atoms with van der Waals surface area (Å²) >= 11 is 5.50. The number of benzene rings is 2. The van der Waals surface area contributed by atoms with Gasteiger partial charge < -0.3 is 9.30 Å². The monoisotopic (exact) mass is 308 g/mol. The number of ether oxygens (including phenoxy) is 1. The Hall–Kier alpha value is -2.46. The second-order valence-corrected chi connectivity index (χ2v) is 5.34. The predicted octanol–water partition coefficient (Wildman–Crippen LogP) is 4.48. The third kappa shape index (κ3) is 2.78. The van der Waals surface area contributed by atoms with Crippen molar-refractivity contribution < 1.29 is 4.74 Å². The molecule has 1 aromatic heterocycles. The van der Waals surface area contributed by atoms with Crippen LogP contribution in [-0.4, -0.2) is 16.7 Å². The summed E-state index contributed by atoms with van der Waals surface area (Å²) < 4.78 is 7.88. The van der Waals surface area contributed by atoms with Crippen molar-refractivity contribution in [1.29, 1.82) is 0 Å². The zero-order valence-electron chi connectivity index (χ0n) is 12.5. The Morgan fingerprint density at radius 3 is 2.50 bits per heavy atom. The average Bonchev–Trinajstić information content (AvgIpc) is 2.57. The molecule has 0 amide bonds. The molecular weight excluding hydrogens is 292 g/mol. The number of hydrogen-bond donors (Lipinski definition) is 0. The molecule has 2 aromatic carbocycles. The first-order chi connectivity index (χ1) is 10.7. The van der Waals surface area contributed by atoms with E-state index < -0.39 is 0 Å². The van der Waals surface area contributed by atoms with Crippen LogP contribution in [0.25, 0.3) is 23.2 Å². The van der Waals surface area contributed by atoms with Gasteiger partial charge in [-0.3, -0.25) is 0 Å². The van der Waals surface area contributed by atoms with E-state index in [2.05, 4.69) is 4.98 Å². The standard InChI is InChI=1S/C18H16N2OS/c1-20-17-6-4-3-5-15(17)19-16(18(20)22)12-9-13-7-10-14(21-2)11-8-13/h3-12H,1-2H3. The predicted molar refractivity (Wildman–Crippen MR) is 93.5 cm³/mol. The molecule has 3 nitrogen and oxygen atoms in total. The lowest BCUT2D eigenvalue weighted by molar-refractivity contribution is 0.415. The molecule has 0 spiro atoms. The summed E-state index contributed by atoms with van der Waals surface area (Å²) in [5.41, 5.74) is 3.85. The van der Waals surface area contributed by atoms with Crippen molar-refractivity contribution in [3.63, 3.8) is 0 Å². The molecule has 0 saturated carbocycles. The van der Waals surface area contributed by atoms with Crippen molar-refractivity contribution in [3.8, 4) is 5.75 Å². The highest BCUT2D eigenvalue weighted by Crippen LogP contribution is 2.17. The van der Waals surface area contributed by atoms with E-state index >= 15 is 0 Å². The van der Waals surface area contributed by atoms with Crippen LogP contribution in [0.5, 0.6) is 5.75 Å². The molecule has 1 heterocycles. The first-order valence-electron chi connectivity index (χ1n) is 6.97. The van der Waals surface area contributed by atoms with Gasteiger partial charge >= 0.3 is 0 Å². The topological polar surface area (TPSA) is 27.1 Å². The normalized spacial score (nSPS) is 11.2. The maximum absolute atomic E-state index is 5.50. The van der Waals surface area contributed by atoms with E-state index in [1.54, 1.807) is 7.11 Å². The first kappa shape index (κ1) is 14.5. The van der Waals surface area contributed by atoms with Gasteiger partial charge in [0.15, 0.2) is 0 Å². The Bertz CT molecular complexity index is 895. The van der Waals surface area contributed by atoms with E-state index in [0.717, 1.165) is 32.7 Å². The number of methoxy groups -OCH3 is 1. The van der Waals surface area contributed by atoms with E-state index in [0.29, 0.717) is 0 Å². The molecule has 0 radical (unpaired) electrons. The van der Waals surface area contributed by atoms with Crippen LogP contribution < -0.4 is 4.74 Å². The third-order valence-corrected chi connectivity index (χ3v) is 4.04. The minimum Gasteiger partial charge on any atom is -0.497 e. The molecule has 3 rings (SSSR count). The van der Waals surface area contributed by atoms with Crippen molar-refractivity contribution in [2.75, 3.05) is 7.11 Å². The minimum atomic E-state index is 0.725. The van der Waals surface area contributed by atoms with Gasteiger partial charge in [-0.2, -0.15) is 0 Å². The molecule has 3 aromatic rings. The fourth-order valence-corrected chi connectivity index (χ4v) is 2.51. The van der Waals surface area contributed by atoms with Crippen LogP contribution in [-0.2, 0) is 7.05 Å². The summed E-state index contributed by atoms with van der Waals surface area (Å²) in [7, 11) is 3.63. The van der Waals surface area contributed by atoms with Crippen molar-refractivity contribution >= 4 is 35.4 Å². The molecule has 110 valence electrons. The van der Waals surface area contributed by atoms with Gasteiger partial charge in [0.2, 0.25) is 0 Å². The third-order valence-electron chi connectivity index (χ3n) is 3.56. The zero-order valence-corrected chi connectivity index (χ0v) is 13.3. The molecule has 22 heavy (non-hydrogen) atoms. The highest BCUT2D eigenvalue weighted by Gasteiger charge is 2.02. The van der Waals surface area contributed by atoms with Crippen LogP contribution in [0.4, 0.5) is 0 Å². The molecule has 0 aliphatic heterocycles. The lowest BCUT2D eigenvalue weighted by atomic mass is 10.2. The van der Waals surface area contributed by atoms with Gasteiger partial charge in [0.25, 0.3) is 0 Å². The van der Waals surface area contributed by atoms with Gasteiger partial charge in [0, 0.05) is 7.05 Å². The largest absolute Gasteiger partial charge is 0.497 e. The second-order valence-electron chi connectivity index (χ2n) is 4.96. The van der Waals surface area contributed by atoms with Gasteiger partial charge in [0.1, 0.15) is 10.4 Å². The van der Waals surface area contributed by atoms with Crippen molar-refractivity contribution in [3.05, 3.63) is 64.4 Å². The number of hydrogen-bond acceptors (Lipinski definition) is 3. The van der Waals surface area contributed by atoms with Crippen LogP contribution in [0.1, 0.15) is 11.3 Å². The van der Waals surface area contributed by atoms with Gasteiger partial charge in [-0.1, -0.05) is 42.6 Å². The average molecular weight is 308 g/mol. The molecule has 0 aliphatic carbocycles. The van der Waals surface area contributed by atoms with E-state index in [1.807, 2.05) is 72.3 Å². The van der Waals surface area contributed by atoms with E-state index in [4.69, 9.17) is 17.0 Å². The fraction of sp³-hybridized carbons (Fsp3) is 0.111. The van der Waals surface area contributed by atoms with Crippen LogP contribution >= 0.6 is 12.2 Å². The first-order valence-corrected chi connectivity index (χ1v) is 7.38. The SMILES string of the molecule is COc1ccc(C=Cc2nc3ccccc3n(C)c2=S)cc1. The number of rotatable bonds is 3. The summed E-state index contributed by atoms with van der Waals surface area (Å²) in [6, 6.07) is 15.9. The Morgan fingerprint density at radius 1 is 1.05 bits per heavy atom. The molecule has 0 aliphatic rings. The van der Waals surface area contributed by atoms with Gasteiger partial charge in [-0.05, 0) is 35.9 Å². The Balaban J connectivity index is 2.01. The second kappa shape index (κ2) is 6.12. The summed E-state index contributed by atoms with van der Waals surface area (Å²) in [4.78, 5) is 4.65. The maximum Gasteiger partial charge on any atom is 0.132 e. The van der Waals surface area contributed by atoms with Crippen LogP contribution in [0, 0.1) is 4.64 Å². The Labute approximate surface area is 134 Å². The summed E-state index contributed by atoms with van der Waals surface area (Å²) in [5.74, 6) is 0.844. The van der Waals surface area contributed by atoms with Crippen LogP contribution in [0.2, 0.25) is 0 Å². The molecule has 0 unspecified atom stereocenters. The molecule has 0 atom stereocenters. The van der Waals surface area contributed by atoms with Crippen molar-refractivity contribution in [2.45, 2.75) is 0 Å². The molecular formula is C18H16N2OS. The van der Waals surface area contributed by atoms with Crippen molar-refractivity contribution in [2.24, 2.45) is 7.05 Å². The number of aryl methyl sites for hydroxylation is 1. The van der Waals surface area contributed by atoms with E-state index in [9.17, 15) is 0 Å². The molecule has 4 heteroatoms. The highest BCUT2D eigenvalue weighted by atomic mass is 32.1. The highest BCUT2D eigenvalue weighted by molar-refractivity contribution is 7.71. The van der Waals surface area contributed by atoms with Crippen LogP contribution in [0.3, 0.4) is 0 Å². The molecule has 0 fully saturated rings. The van der Waals surface area contributed by atoms with Gasteiger partial charge in [-0.25, -0.2) is 4.98 Å². The lowest BCUT2D eigenvalue weighted by Crippen LogP contribution is -1.99. The number of nitrogens with zero attached hydrogens (tertiary/aromatic N) is 2. The summed E-state index contributed by atoms with van der Waals surface area (Å²) in [6.45, 7) is 0. The quantitative estimate of drug-likeness (QED) is 0.667. The summed E-state index contributed by atoms with van der Waals surface area (Å²) in [6.07, 6.45) is 3.96. The Kier molecular flexibility index (Phi) is 4.02. The fourth-order valence-electron chi connectivity index (χ4n) is 2.30. The molecule has 0 bridgehead atoms. The number of aromatic nitrogens is 2. The zero-order chi connectivity index (χ0) is 15.5. The van der Waals surface area contributed by atoms with Gasteiger partial charge in [-0.15, -0.1) is 0 Å². The van der Waals surface area contributed by atoms with E-state index in [1.165, 1.54) is 0 Å². The summed E-state index contributed by atoms with van der Waals surface area (Å²) in [5, 5.41) is 0. The lowest BCUT2D eigenvalue weighted by Gasteiger charge is -2.07. The van der Waals surface area contributed by atoms with Crippen molar-refractivity contribution in [1.82, 2.24) is 9.55 Å². The Morgan fingerprint density at radius 2 is 1.77 bits per heavy atom. The van der Waals surface area contributed by atoms with E-state index in [-0.39, 0.29) is 0 Å². The smallest absolute Gasteiger partial charge is 0.132 e. The molecule has 0 saturated heterocycles. The number of fused-ring (bicyclic) bond motifs is 1. The minimum absolute atomic E-state index is 0.725. The number of para-hydroxylation sites is 2. The van der Waals surface area contributed by atoms with Gasteiger partial charge in [0.05, 0.1) is 23.8 Å². The maximum atomic E-state index is 5.50.